The number of thioether (sulfide) groups is 2. The molecule has 0 saturated carbocycles. The number of pyridine rings is 2. The van der Waals surface area contributed by atoms with Crippen LogP contribution in [0.1, 0.15) is 11.1 Å². The number of H-pyrrole nitrogens is 2. The zero-order chi connectivity index (χ0) is 32.2. The highest BCUT2D eigenvalue weighted by Crippen LogP contribution is 2.42. The van der Waals surface area contributed by atoms with Gasteiger partial charge in [-0.1, -0.05) is 0 Å². The molecule has 0 fully saturated rings. The molecule has 6 rings (SSSR count). The Labute approximate surface area is 250 Å². The highest BCUT2D eigenvalue weighted by molar-refractivity contribution is 7.99. The number of nitrogens with zero attached hydrogens (tertiary/aromatic N) is 2. The van der Waals surface area contributed by atoms with Crippen molar-refractivity contribution in [1.29, 1.82) is 0 Å². The van der Waals surface area contributed by atoms with Gasteiger partial charge in [0.1, 0.15) is 6.54 Å². The van der Waals surface area contributed by atoms with Crippen molar-refractivity contribution >= 4 is 56.7 Å². The van der Waals surface area contributed by atoms with Crippen LogP contribution in [-0.4, -0.2) is 54.3 Å². The lowest BCUT2D eigenvalue weighted by molar-refractivity contribution is -0.137. The van der Waals surface area contributed by atoms with E-state index in [1.165, 1.54) is 23.9 Å². The molecule has 0 spiro atoms. The predicted octanol–water partition coefficient (Wildman–Crippen LogP) is 7.11. The van der Waals surface area contributed by atoms with Gasteiger partial charge in [0, 0.05) is 64.3 Å². The zero-order valence-electron chi connectivity index (χ0n) is 22.4. The maximum absolute atomic E-state index is 13.1. The summed E-state index contributed by atoms with van der Waals surface area (Å²) in [6, 6.07) is 6.54. The van der Waals surface area contributed by atoms with E-state index in [0.29, 0.717) is 22.8 Å². The van der Waals surface area contributed by atoms with Gasteiger partial charge in [0.2, 0.25) is 11.1 Å². The summed E-state index contributed by atoms with van der Waals surface area (Å²) >= 11 is 2.82. The monoisotopic (exact) mass is 668 g/mol. The smallest absolute Gasteiger partial charge is 0.373 e. The minimum Gasteiger partial charge on any atom is -0.373 e. The Morgan fingerprint density at radius 2 is 1.14 bits per heavy atom. The first-order valence-electron chi connectivity index (χ1n) is 12.8. The molecule has 2 N–H and O–H groups in total. The Balaban J connectivity index is 0.000000177. The second-order valence-corrected chi connectivity index (χ2v) is 12.2. The van der Waals surface area contributed by atoms with Crippen LogP contribution in [0.5, 0.6) is 0 Å². The van der Waals surface area contributed by atoms with E-state index in [-0.39, 0.29) is 34.0 Å². The molecule has 44 heavy (non-hydrogen) atoms. The summed E-state index contributed by atoms with van der Waals surface area (Å²) in [7, 11) is 1.85. The molecule has 6 nitrogen and oxygen atoms in total. The topological polar surface area (TPSA) is 72.2 Å². The molecule has 0 saturated heterocycles. The van der Waals surface area contributed by atoms with Gasteiger partial charge in [0.15, 0.2) is 0 Å². The van der Waals surface area contributed by atoms with Crippen molar-refractivity contribution in [2.24, 2.45) is 0 Å². The van der Waals surface area contributed by atoms with Crippen LogP contribution in [0.2, 0.25) is 0 Å². The third kappa shape index (κ3) is 6.77. The number of fused-ring (bicyclic) bond motifs is 4. The molecular weight excluding hydrogens is 647 g/mol. The number of anilines is 2. The van der Waals surface area contributed by atoms with E-state index in [4.69, 9.17) is 0 Å². The molecule has 0 aliphatic carbocycles. The number of aromatic nitrogens is 2. The van der Waals surface area contributed by atoms with Crippen molar-refractivity contribution in [3.05, 3.63) is 68.2 Å². The van der Waals surface area contributed by atoms with Crippen LogP contribution in [-0.2, 0) is 12.4 Å². The zero-order valence-corrected chi connectivity index (χ0v) is 24.1. The number of hydrogen-bond donors (Lipinski definition) is 2. The van der Waals surface area contributed by atoms with E-state index in [9.17, 15) is 49.1 Å². The minimum atomic E-state index is -4.78. The average molecular weight is 669 g/mol. The van der Waals surface area contributed by atoms with Gasteiger partial charge in [-0.15, -0.1) is 23.5 Å². The normalized spacial score (nSPS) is 15.6. The van der Waals surface area contributed by atoms with Crippen LogP contribution in [0.3, 0.4) is 0 Å². The first-order valence-corrected chi connectivity index (χ1v) is 14.7. The van der Waals surface area contributed by atoms with Gasteiger partial charge in [-0.2, -0.15) is 39.5 Å². The Kier molecular flexibility index (Phi) is 8.33. The fourth-order valence-corrected chi connectivity index (χ4v) is 7.19. The van der Waals surface area contributed by atoms with Crippen molar-refractivity contribution in [2.45, 2.75) is 28.3 Å². The molecule has 0 bridgehead atoms. The van der Waals surface area contributed by atoms with Gasteiger partial charge in [-0.05, 0) is 24.3 Å². The number of nitrogens with one attached hydrogen (secondary N) is 2. The number of halogens is 9. The fourth-order valence-electron chi connectivity index (χ4n) is 4.97. The molecule has 2 aromatic heterocycles. The molecule has 0 atom stereocenters. The van der Waals surface area contributed by atoms with E-state index in [2.05, 4.69) is 9.97 Å². The summed E-state index contributed by atoms with van der Waals surface area (Å²) in [5.41, 5.74) is -2.66. The number of rotatable bonds is 1. The summed E-state index contributed by atoms with van der Waals surface area (Å²) in [5, 5.41) is -0.291. The molecule has 0 amide bonds. The first kappa shape index (κ1) is 31.9. The Morgan fingerprint density at radius 3 is 1.61 bits per heavy atom. The number of hydrogen-bond acceptors (Lipinski definition) is 6. The molecule has 2 aliphatic heterocycles. The molecule has 236 valence electrons. The van der Waals surface area contributed by atoms with Crippen LogP contribution in [0.15, 0.2) is 55.8 Å². The second-order valence-electron chi connectivity index (χ2n) is 9.98. The maximum Gasteiger partial charge on any atom is 0.417 e. The minimum absolute atomic E-state index is 0.0326. The predicted molar refractivity (Wildman–Crippen MR) is 152 cm³/mol. The van der Waals surface area contributed by atoms with Gasteiger partial charge in [0.25, 0.3) is 0 Å². The molecule has 17 heteroatoms. The second kappa shape index (κ2) is 11.5. The maximum atomic E-state index is 13.1. The van der Waals surface area contributed by atoms with Crippen molar-refractivity contribution in [3.63, 3.8) is 0 Å². The van der Waals surface area contributed by atoms with E-state index in [1.807, 2.05) is 11.9 Å². The molecule has 0 radical (unpaired) electrons. The van der Waals surface area contributed by atoms with Crippen LogP contribution < -0.4 is 20.9 Å². The van der Waals surface area contributed by atoms with Crippen molar-refractivity contribution in [1.82, 2.24) is 9.97 Å². The molecule has 4 aromatic rings. The van der Waals surface area contributed by atoms with Gasteiger partial charge in [-0.25, -0.2) is 0 Å². The molecule has 2 aromatic carbocycles. The SMILES string of the molecule is CN1CCSc2cc3[nH]c(=O)cc(C(F)(F)F)c3cc21.O=c1cc(C(F)(F)F)c2cc3c(cc2[nH]1)SCCN3CC(F)(F)F. The van der Waals surface area contributed by atoms with Crippen molar-refractivity contribution in [3.8, 4) is 0 Å². The summed E-state index contributed by atoms with van der Waals surface area (Å²) in [6.07, 6.45) is -13.8. The van der Waals surface area contributed by atoms with Gasteiger partial charge in [-0.3, -0.25) is 9.59 Å². The largest absolute Gasteiger partial charge is 0.417 e. The highest BCUT2D eigenvalue weighted by atomic mass is 32.2. The van der Waals surface area contributed by atoms with Crippen molar-refractivity contribution in [2.75, 3.05) is 48.0 Å². The highest BCUT2D eigenvalue weighted by Gasteiger charge is 2.36. The van der Waals surface area contributed by atoms with Gasteiger partial charge < -0.3 is 19.8 Å². The lowest BCUT2D eigenvalue weighted by atomic mass is 10.1. The summed E-state index contributed by atoms with van der Waals surface area (Å²) in [4.78, 5) is 31.9. The van der Waals surface area contributed by atoms with Crippen molar-refractivity contribution < 1.29 is 39.5 Å². The van der Waals surface area contributed by atoms with Crippen LogP contribution in [0, 0.1) is 0 Å². The van der Waals surface area contributed by atoms with Gasteiger partial charge in [0.05, 0.1) is 33.5 Å². The van der Waals surface area contributed by atoms with E-state index in [1.54, 1.807) is 17.8 Å². The Hall–Kier alpha value is -3.47. The van der Waals surface area contributed by atoms with Crippen LogP contribution in [0.25, 0.3) is 21.8 Å². The fraction of sp³-hybridized carbons (Fsp3) is 0.333. The summed E-state index contributed by atoms with van der Waals surface area (Å²) in [5.74, 6) is 1.25. The first-order chi connectivity index (χ1) is 20.4. The molecule has 2 aliphatic rings. The average Bonchev–Trinajstić information content (AvgIpc) is 2.89. The van der Waals surface area contributed by atoms with Gasteiger partial charge >= 0.3 is 18.5 Å². The Morgan fingerprint density at radius 1 is 0.682 bits per heavy atom. The number of alkyl halides is 9. The molecular formula is C27H21F9N4O2S2. The van der Waals surface area contributed by atoms with E-state index in [0.717, 1.165) is 33.8 Å². The standard InChI is InChI=1S/C14H10F6N2OS.C13H11F3N2OS/c15-13(16,17)6-22-1-2-24-11-5-9-7(3-10(11)22)8(14(18,19)20)4-12(23)21-9;1-18-2-3-20-11-6-9-7(4-10(11)18)8(13(14,15)16)5-12(19)17-9/h3-5H,1-2,6H2,(H,21,23);4-6H,2-3H2,1H3,(H,17,19). The summed E-state index contributed by atoms with van der Waals surface area (Å²) < 4.78 is 117. The lowest BCUT2D eigenvalue weighted by Gasteiger charge is -2.32. The number of benzene rings is 2. The quantitative estimate of drug-likeness (QED) is 0.211. The van der Waals surface area contributed by atoms with Crippen LogP contribution >= 0.6 is 23.5 Å². The molecule has 0 unspecified atom stereocenters. The third-order valence-corrected chi connectivity index (χ3v) is 8.93. The molecule has 4 heterocycles. The van der Waals surface area contributed by atoms with Crippen LogP contribution in [0.4, 0.5) is 50.9 Å². The third-order valence-electron chi connectivity index (χ3n) is 6.88. The van der Waals surface area contributed by atoms with E-state index < -0.39 is 47.3 Å². The summed E-state index contributed by atoms with van der Waals surface area (Å²) in [6.45, 7) is -0.377. The Bertz CT molecular complexity index is 1850. The number of aromatic amines is 2. The van der Waals surface area contributed by atoms with E-state index >= 15 is 0 Å². The lowest BCUT2D eigenvalue weighted by Crippen LogP contribution is -2.37.